The molecule has 7 aromatic rings. The molecule has 0 aliphatic carbocycles. The molecule has 30 heavy (non-hydrogen) atoms. The summed E-state index contributed by atoms with van der Waals surface area (Å²) in [7, 11) is 0. The Balaban J connectivity index is 1.67. The molecule has 0 radical (unpaired) electrons. The van der Waals surface area contributed by atoms with Gasteiger partial charge in [0.25, 0.3) is 0 Å². The van der Waals surface area contributed by atoms with Crippen molar-refractivity contribution in [2.45, 2.75) is 0 Å². The number of rotatable bonds is 0. The molecule has 138 valence electrons. The zero-order chi connectivity index (χ0) is 19.7. The van der Waals surface area contributed by atoms with Crippen LogP contribution in [0.2, 0.25) is 0 Å². The van der Waals surface area contributed by atoms with Crippen molar-refractivity contribution in [2.24, 2.45) is 0 Å². The molecule has 0 aromatic heterocycles. The van der Waals surface area contributed by atoms with Gasteiger partial charge in [0.1, 0.15) is 0 Å². The summed E-state index contributed by atoms with van der Waals surface area (Å²) in [5.41, 5.74) is 0. The highest BCUT2D eigenvalue weighted by Gasteiger charge is 2.09. The van der Waals surface area contributed by atoms with Gasteiger partial charge in [-0.3, -0.25) is 0 Å². The molecular weight excluding hydrogens is 360 g/mol. The van der Waals surface area contributed by atoms with E-state index in [2.05, 4.69) is 109 Å². The Morgan fingerprint density at radius 3 is 1.57 bits per heavy atom. The largest absolute Gasteiger partial charge is 0.0616 e. The third-order valence-electron chi connectivity index (χ3n) is 6.59. The Bertz CT molecular complexity index is 1790. The van der Waals surface area contributed by atoms with Crippen LogP contribution in [0.25, 0.3) is 64.6 Å². The molecule has 0 nitrogen and oxygen atoms in total. The lowest BCUT2D eigenvalue weighted by Gasteiger charge is -2.12. The van der Waals surface area contributed by atoms with Gasteiger partial charge in [-0.2, -0.15) is 0 Å². The van der Waals surface area contributed by atoms with Gasteiger partial charge in [0, 0.05) is 0 Å². The molecule has 0 aliphatic rings. The molecule has 0 saturated carbocycles. The summed E-state index contributed by atoms with van der Waals surface area (Å²) >= 11 is 0. The zero-order valence-corrected chi connectivity index (χ0v) is 16.4. The lowest BCUT2D eigenvalue weighted by molar-refractivity contribution is 1.78. The molecule has 0 spiro atoms. The van der Waals surface area contributed by atoms with Gasteiger partial charge in [0.2, 0.25) is 0 Å². The normalized spacial score (nSPS) is 12.0. The maximum atomic E-state index is 2.37. The molecule has 0 N–H and O–H groups in total. The van der Waals surface area contributed by atoms with Crippen LogP contribution in [-0.2, 0) is 0 Å². The van der Waals surface area contributed by atoms with Crippen LogP contribution in [-0.4, -0.2) is 0 Å². The topological polar surface area (TPSA) is 0 Å². The molecule has 0 amide bonds. The van der Waals surface area contributed by atoms with Crippen LogP contribution in [0.15, 0.2) is 109 Å². The van der Waals surface area contributed by atoms with Gasteiger partial charge < -0.3 is 0 Å². The maximum absolute atomic E-state index is 2.37. The summed E-state index contributed by atoms with van der Waals surface area (Å²) < 4.78 is 0. The van der Waals surface area contributed by atoms with Crippen molar-refractivity contribution in [3.05, 3.63) is 109 Å². The van der Waals surface area contributed by atoms with E-state index in [1.54, 1.807) is 0 Å². The van der Waals surface area contributed by atoms with E-state index >= 15 is 0 Å². The van der Waals surface area contributed by atoms with E-state index in [-0.39, 0.29) is 0 Å². The van der Waals surface area contributed by atoms with E-state index in [9.17, 15) is 0 Å². The summed E-state index contributed by atoms with van der Waals surface area (Å²) in [5.74, 6) is 0. The molecule has 0 saturated heterocycles. The van der Waals surface area contributed by atoms with Crippen LogP contribution in [0, 0.1) is 0 Å². The van der Waals surface area contributed by atoms with E-state index in [0.717, 1.165) is 0 Å². The first-order valence-electron chi connectivity index (χ1n) is 10.5. The van der Waals surface area contributed by atoms with Crippen LogP contribution >= 0.6 is 0 Å². The highest BCUT2D eigenvalue weighted by Crippen LogP contribution is 2.37. The number of hydrogen-bond acceptors (Lipinski definition) is 0. The number of hydrogen-bond donors (Lipinski definition) is 0. The fraction of sp³-hybridized carbons (Fsp3) is 0. The molecule has 0 heterocycles. The van der Waals surface area contributed by atoms with E-state index in [4.69, 9.17) is 0 Å². The SMILES string of the molecule is c1ccc2c(c1)ccc1cc3c(ccc4c3ccc3ccc5ccccc5c34)cc12. The third kappa shape index (κ3) is 2.11. The van der Waals surface area contributed by atoms with Crippen molar-refractivity contribution >= 4 is 64.6 Å². The Hall–Kier alpha value is -3.90. The van der Waals surface area contributed by atoms with Crippen molar-refractivity contribution < 1.29 is 0 Å². The van der Waals surface area contributed by atoms with Crippen LogP contribution in [0.4, 0.5) is 0 Å². The van der Waals surface area contributed by atoms with Gasteiger partial charge in [-0.1, -0.05) is 97.1 Å². The van der Waals surface area contributed by atoms with Gasteiger partial charge in [-0.15, -0.1) is 0 Å². The predicted molar refractivity (Wildman–Crippen MR) is 131 cm³/mol. The zero-order valence-electron chi connectivity index (χ0n) is 16.4. The van der Waals surface area contributed by atoms with Gasteiger partial charge in [-0.05, 0) is 76.8 Å². The molecule has 7 rings (SSSR count). The standard InChI is InChI=1S/C30H18/c1-3-7-24-19(5-1)10-12-22-18-29-23(17-28(22)24)14-16-27-26(29)15-13-21-11-9-20-6-2-4-8-25(20)30(21)27/h1-18H. The van der Waals surface area contributed by atoms with E-state index < -0.39 is 0 Å². The number of fused-ring (bicyclic) bond motifs is 10. The minimum atomic E-state index is 1.29. The van der Waals surface area contributed by atoms with Crippen molar-refractivity contribution in [3.63, 3.8) is 0 Å². The second kappa shape index (κ2) is 5.81. The smallest absolute Gasteiger partial charge is 0.00266 e. The first-order chi connectivity index (χ1) is 14.9. The molecule has 0 aliphatic heterocycles. The monoisotopic (exact) mass is 378 g/mol. The molecular formula is C30H18. The fourth-order valence-electron chi connectivity index (χ4n) is 5.15. The van der Waals surface area contributed by atoms with Gasteiger partial charge in [-0.25, -0.2) is 0 Å². The highest BCUT2D eigenvalue weighted by atomic mass is 14.1. The minimum Gasteiger partial charge on any atom is -0.0616 e. The third-order valence-corrected chi connectivity index (χ3v) is 6.59. The molecule has 0 heteroatoms. The summed E-state index contributed by atoms with van der Waals surface area (Å²) in [5, 5.41) is 15.8. The lowest BCUT2D eigenvalue weighted by atomic mass is 9.92. The van der Waals surface area contributed by atoms with Crippen LogP contribution in [0.5, 0.6) is 0 Å². The second-order valence-electron chi connectivity index (χ2n) is 8.19. The lowest BCUT2D eigenvalue weighted by Crippen LogP contribution is -1.84. The summed E-state index contributed by atoms with van der Waals surface area (Å²) in [4.78, 5) is 0. The quantitative estimate of drug-likeness (QED) is 0.183. The van der Waals surface area contributed by atoms with Crippen molar-refractivity contribution in [3.8, 4) is 0 Å². The van der Waals surface area contributed by atoms with E-state index in [0.29, 0.717) is 0 Å². The first kappa shape index (κ1) is 16.0. The van der Waals surface area contributed by atoms with Crippen LogP contribution in [0.3, 0.4) is 0 Å². The van der Waals surface area contributed by atoms with Gasteiger partial charge in [0.15, 0.2) is 0 Å². The summed E-state index contributed by atoms with van der Waals surface area (Å²) in [6.45, 7) is 0. The molecule has 7 aromatic carbocycles. The van der Waals surface area contributed by atoms with Gasteiger partial charge in [0.05, 0.1) is 0 Å². The van der Waals surface area contributed by atoms with E-state index in [1.807, 2.05) is 0 Å². The summed E-state index contributed by atoms with van der Waals surface area (Å²) in [6.07, 6.45) is 0. The first-order valence-corrected chi connectivity index (χ1v) is 10.5. The van der Waals surface area contributed by atoms with Crippen molar-refractivity contribution in [2.75, 3.05) is 0 Å². The highest BCUT2D eigenvalue weighted by molar-refractivity contribution is 6.26. The van der Waals surface area contributed by atoms with Crippen LogP contribution in [0.1, 0.15) is 0 Å². The number of benzene rings is 7. The molecule has 0 unspecified atom stereocenters. The molecule has 0 bridgehead atoms. The van der Waals surface area contributed by atoms with Gasteiger partial charge >= 0.3 is 0 Å². The maximum Gasteiger partial charge on any atom is -0.00266 e. The molecule has 0 atom stereocenters. The van der Waals surface area contributed by atoms with E-state index in [1.165, 1.54) is 64.6 Å². The average Bonchev–Trinajstić information content (AvgIpc) is 2.82. The van der Waals surface area contributed by atoms with Crippen molar-refractivity contribution in [1.29, 1.82) is 0 Å². The fourth-order valence-corrected chi connectivity index (χ4v) is 5.15. The Morgan fingerprint density at radius 2 is 0.767 bits per heavy atom. The van der Waals surface area contributed by atoms with Crippen molar-refractivity contribution in [1.82, 2.24) is 0 Å². The predicted octanol–water partition coefficient (Wildman–Crippen LogP) is 8.61. The van der Waals surface area contributed by atoms with Crippen LogP contribution < -0.4 is 0 Å². The Labute approximate surface area is 174 Å². The average molecular weight is 378 g/mol. The minimum absolute atomic E-state index is 1.29. The second-order valence-corrected chi connectivity index (χ2v) is 8.19. The molecule has 0 fully saturated rings. The Kier molecular flexibility index (Phi) is 3.09. The Morgan fingerprint density at radius 1 is 0.267 bits per heavy atom. The summed E-state index contributed by atoms with van der Waals surface area (Å²) in [6, 6.07) is 40.2.